The van der Waals surface area contributed by atoms with Crippen LogP contribution in [-0.4, -0.2) is 35.1 Å². The van der Waals surface area contributed by atoms with Gasteiger partial charge in [0.15, 0.2) is 5.78 Å². The van der Waals surface area contributed by atoms with E-state index in [0.29, 0.717) is 28.3 Å². The lowest BCUT2D eigenvalue weighted by Crippen LogP contribution is -2.41. The lowest BCUT2D eigenvalue weighted by Gasteiger charge is -2.22. The number of unbranched alkanes of at least 4 members (excludes halogenated alkanes) is 2. The van der Waals surface area contributed by atoms with E-state index in [0.717, 1.165) is 24.2 Å². The van der Waals surface area contributed by atoms with Gasteiger partial charge in [-0.25, -0.2) is 4.79 Å². The molecule has 1 unspecified atom stereocenters. The zero-order chi connectivity index (χ0) is 23.3. The molecule has 0 aromatic heterocycles. The Kier molecular flexibility index (Phi) is 7.30. The summed E-state index contributed by atoms with van der Waals surface area (Å²) in [5, 5.41) is 5.98. The van der Waals surface area contributed by atoms with Crippen LogP contribution in [0, 0.1) is 0 Å². The maximum Gasteiger partial charge on any atom is 0.325 e. The van der Waals surface area contributed by atoms with E-state index in [-0.39, 0.29) is 18.2 Å². The average Bonchev–Trinajstić information content (AvgIpc) is 2.98. The highest BCUT2D eigenvalue weighted by atomic mass is 35.5. The summed E-state index contributed by atoms with van der Waals surface area (Å²) in [5.74, 6) is -0.956. The topological polar surface area (TPSA) is 95.6 Å². The number of halogens is 1. The van der Waals surface area contributed by atoms with E-state index in [1.54, 1.807) is 55.5 Å². The first-order valence-electron chi connectivity index (χ1n) is 10.6. The molecule has 4 amide bonds. The summed E-state index contributed by atoms with van der Waals surface area (Å²) in [5.41, 5.74) is 0.241. The van der Waals surface area contributed by atoms with Gasteiger partial charge in [0.2, 0.25) is 5.91 Å². The molecular weight excluding hydrogens is 430 g/mol. The Morgan fingerprint density at radius 3 is 2.31 bits per heavy atom. The quantitative estimate of drug-likeness (QED) is 0.330. The zero-order valence-electron chi connectivity index (χ0n) is 18.1. The molecule has 2 aromatic rings. The standard InChI is InChI=1S/C24H26ClN3O4/c1-3-4-5-6-21(30)26-19-13-7-16(8-14-19)20(29)15-28-22(31)24(2,27-23(28)32)17-9-11-18(25)12-10-17/h7-14H,3-6,15H2,1-2H3,(H,26,30)(H,27,32). The maximum absolute atomic E-state index is 13.0. The van der Waals surface area contributed by atoms with Crippen LogP contribution in [0.3, 0.4) is 0 Å². The minimum Gasteiger partial charge on any atom is -0.326 e. The molecule has 1 heterocycles. The predicted molar refractivity (Wildman–Crippen MR) is 123 cm³/mol. The number of benzene rings is 2. The first-order valence-corrected chi connectivity index (χ1v) is 11.0. The number of hydrogen-bond donors (Lipinski definition) is 2. The smallest absolute Gasteiger partial charge is 0.325 e. The number of carbonyl (C=O) groups excluding carboxylic acids is 4. The summed E-state index contributed by atoms with van der Waals surface area (Å²) in [6.07, 6.45) is 3.33. The van der Waals surface area contributed by atoms with Crippen LogP contribution >= 0.6 is 11.6 Å². The molecule has 1 fully saturated rings. The minimum absolute atomic E-state index is 0.0710. The molecule has 0 spiro atoms. The van der Waals surface area contributed by atoms with Crippen LogP contribution in [0.5, 0.6) is 0 Å². The van der Waals surface area contributed by atoms with Crippen LogP contribution < -0.4 is 10.6 Å². The van der Waals surface area contributed by atoms with E-state index in [1.165, 1.54) is 0 Å². The monoisotopic (exact) mass is 455 g/mol. The molecule has 0 bridgehead atoms. The number of urea groups is 1. The summed E-state index contributed by atoms with van der Waals surface area (Å²) in [6, 6.07) is 12.4. The Labute approximate surface area is 192 Å². The second-order valence-electron chi connectivity index (χ2n) is 7.96. The molecule has 0 radical (unpaired) electrons. The molecule has 1 saturated heterocycles. The van der Waals surface area contributed by atoms with E-state index in [2.05, 4.69) is 17.6 Å². The number of amides is 4. The second-order valence-corrected chi connectivity index (χ2v) is 8.40. The number of carbonyl (C=O) groups is 4. The van der Waals surface area contributed by atoms with Gasteiger partial charge < -0.3 is 10.6 Å². The molecular formula is C24H26ClN3O4. The van der Waals surface area contributed by atoms with Gasteiger partial charge in [0.25, 0.3) is 5.91 Å². The minimum atomic E-state index is -1.27. The maximum atomic E-state index is 13.0. The Bertz CT molecular complexity index is 1020. The van der Waals surface area contributed by atoms with Gasteiger partial charge in [-0.15, -0.1) is 0 Å². The Balaban J connectivity index is 1.64. The van der Waals surface area contributed by atoms with E-state index in [9.17, 15) is 19.2 Å². The van der Waals surface area contributed by atoms with Gasteiger partial charge in [0.1, 0.15) is 5.54 Å². The highest BCUT2D eigenvalue weighted by Crippen LogP contribution is 2.29. The Morgan fingerprint density at radius 1 is 1.03 bits per heavy atom. The van der Waals surface area contributed by atoms with Gasteiger partial charge in [-0.3, -0.25) is 19.3 Å². The molecule has 8 heteroatoms. The third kappa shape index (κ3) is 5.16. The molecule has 1 atom stereocenters. The Morgan fingerprint density at radius 2 is 1.69 bits per heavy atom. The molecule has 7 nitrogen and oxygen atoms in total. The van der Waals surface area contributed by atoms with Crippen LogP contribution in [0.4, 0.5) is 10.5 Å². The number of anilines is 1. The zero-order valence-corrected chi connectivity index (χ0v) is 18.9. The van der Waals surface area contributed by atoms with Crippen molar-refractivity contribution in [1.82, 2.24) is 10.2 Å². The van der Waals surface area contributed by atoms with Gasteiger partial charge in [0, 0.05) is 22.7 Å². The van der Waals surface area contributed by atoms with Crippen molar-refractivity contribution in [3.8, 4) is 0 Å². The van der Waals surface area contributed by atoms with Crippen molar-refractivity contribution in [1.29, 1.82) is 0 Å². The summed E-state index contributed by atoms with van der Waals surface area (Å²) in [6.45, 7) is 3.29. The lowest BCUT2D eigenvalue weighted by molar-refractivity contribution is -0.130. The largest absolute Gasteiger partial charge is 0.326 e. The number of hydrogen-bond acceptors (Lipinski definition) is 4. The van der Waals surface area contributed by atoms with Crippen LogP contribution in [-0.2, 0) is 15.1 Å². The van der Waals surface area contributed by atoms with Crippen molar-refractivity contribution in [2.45, 2.75) is 45.1 Å². The van der Waals surface area contributed by atoms with Gasteiger partial charge in [0.05, 0.1) is 6.54 Å². The molecule has 1 aliphatic heterocycles. The molecule has 3 rings (SSSR count). The fourth-order valence-corrected chi connectivity index (χ4v) is 3.68. The van der Waals surface area contributed by atoms with Gasteiger partial charge in [-0.05, 0) is 55.3 Å². The summed E-state index contributed by atoms with van der Waals surface area (Å²) < 4.78 is 0. The molecule has 1 aliphatic rings. The SMILES string of the molecule is CCCCCC(=O)Nc1ccc(C(=O)CN2C(=O)NC(C)(c3ccc(Cl)cc3)C2=O)cc1. The van der Waals surface area contributed by atoms with Crippen molar-refractivity contribution in [3.63, 3.8) is 0 Å². The lowest BCUT2D eigenvalue weighted by atomic mass is 9.92. The first-order chi connectivity index (χ1) is 15.2. The highest BCUT2D eigenvalue weighted by Gasteiger charge is 2.49. The summed E-state index contributed by atoms with van der Waals surface area (Å²) >= 11 is 5.91. The average molecular weight is 456 g/mol. The normalized spacial score (nSPS) is 17.9. The number of Topliss-reactive ketones (excluding diaryl/α,β-unsaturated/α-hetero) is 1. The first kappa shape index (κ1) is 23.5. The van der Waals surface area contributed by atoms with Crippen molar-refractivity contribution < 1.29 is 19.2 Å². The summed E-state index contributed by atoms with van der Waals surface area (Å²) in [7, 11) is 0. The van der Waals surface area contributed by atoms with Gasteiger partial charge >= 0.3 is 6.03 Å². The van der Waals surface area contributed by atoms with Gasteiger partial charge in [-0.1, -0.05) is 43.5 Å². The van der Waals surface area contributed by atoms with Crippen molar-refractivity contribution >= 4 is 40.9 Å². The van der Waals surface area contributed by atoms with E-state index in [4.69, 9.17) is 11.6 Å². The van der Waals surface area contributed by atoms with Crippen molar-refractivity contribution in [2.24, 2.45) is 0 Å². The third-order valence-electron chi connectivity index (χ3n) is 5.50. The molecule has 32 heavy (non-hydrogen) atoms. The highest BCUT2D eigenvalue weighted by molar-refractivity contribution is 6.30. The number of nitrogens with one attached hydrogen (secondary N) is 2. The van der Waals surface area contributed by atoms with Crippen molar-refractivity contribution in [2.75, 3.05) is 11.9 Å². The number of imide groups is 1. The molecule has 2 N–H and O–H groups in total. The fourth-order valence-electron chi connectivity index (χ4n) is 3.55. The number of rotatable bonds is 9. The molecule has 0 saturated carbocycles. The van der Waals surface area contributed by atoms with E-state index < -0.39 is 17.5 Å². The van der Waals surface area contributed by atoms with Crippen LogP contribution in [0.25, 0.3) is 0 Å². The molecule has 2 aromatic carbocycles. The number of ketones is 1. The Hall–Kier alpha value is -3.19. The second kappa shape index (κ2) is 9.96. The van der Waals surface area contributed by atoms with Crippen LogP contribution in [0.1, 0.15) is 55.5 Å². The van der Waals surface area contributed by atoms with Crippen LogP contribution in [0.2, 0.25) is 5.02 Å². The van der Waals surface area contributed by atoms with Crippen molar-refractivity contribution in [3.05, 3.63) is 64.7 Å². The van der Waals surface area contributed by atoms with Gasteiger partial charge in [-0.2, -0.15) is 0 Å². The van der Waals surface area contributed by atoms with E-state index >= 15 is 0 Å². The molecule has 0 aliphatic carbocycles. The van der Waals surface area contributed by atoms with Crippen LogP contribution in [0.15, 0.2) is 48.5 Å². The number of nitrogens with zero attached hydrogens (tertiary/aromatic N) is 1. The molecule has 168 valence electrons. The predicted octanol–water partition coefficient (Wildman–Crippen LogP) is 4.51. The van der Waals surface area contributed by atoms with E-state index in [1.807, 2.05) is 0 Å². The third-order valence-corrected chi connectivity index (χ3v) is 5.75. The summed E-state index contributed by atoms with van der Waals surface area (Å²) in [4.78, 5) is 51.0. The fraction of sp³-hybridized carbons (Fsp3) is 0.333.